The number of nitrogens with zero attached hydrogens (tertiary/aromatic N) is 2. The Morgan fingerprint density at radius 2 is 1.59 bits per heavy atom. The van der Waals surface area contributed by atoms with E-state index >= 15 is 0 Å². The molecule has 0 spiro atoms. The molecule has 170 valence electrons. The lowest BCUT2D eigenvalue weighted by molar-refractivity contribution is -0.134. The maximum atomic E-state index is 12.9. The molecule has 7 heteroatoms. The van der Waals surface area contributed by atoms with Crippen molar-refractivity contribution in [3.63, 3.8) is 0 Å². The summed E-state index contributed by atoms with van der Waals surface area (Å²) in [4.78, 5) is 41.4. The normalized spacial score (nSPS) is 14.0. The fourth-order valence-electron chi connectivity index (χ4n) is 4.02. The van der Waals surface area contributed by atoms with Crippen molar-refractivity contribution in [1.29, 1.82) is 0 Å². The predicted octanol–water partition coefficient (Wildman–Crippen LogP) is 3.74. The number of hydrogen-bond acceptors (Lipinski definition) is 3. The Morgan fingerprint density at radius 3 is 2.22 bits per heavy atom. The summed E-state index contributed by atoms with van der Waals surface area (Å²) < 4.78 is 0. The molecule has 3 rings (SSSR count). The second-order valence-electron chi connectivity index (χ2n) is 7.97. The van der Waals surface area contributed by atoms with Crippen LogP contribution < -0.4 is 10.6 Å². The Kier molecular flexibility index (Phi) is 8.66. The number of rotatable bonds is 8. The minimum Gasteiger partial charge on any atom is -0.340 e. The monoisotopic (exact) mass is 436 g/mol. The van der Waals surface area contributed by atoms with Crippen molar-refractivity contribution in [2.45, 2.75) is 38.6 Å². The molecular weight excluding hydrogens is 404 g/mol. The lowest BCUT2D eigenvalue weighted by Gasteiger charge is -2.38. The number of carbonyl (C=O) groups is 3. The van der Waals surface area contributed by atoms with Gasteiger partial charge in [0.05, 0.1) is 0 Å². The van der Waals surface area contributed by atoms with E-state index in [-0.39, 0.29) is 36.9 Å². The van der Waals surface area contributed by atoms with Gasteiger partial charge in [0.1, 0.15) is 0 Å². The Hall–Kier alpha value is -3.35. The number of para-hydroxylation sites is 1. The quantitative estimate of drug-likeness (QED) is 0.661. The fraction of sp³-hybridized carbons (Fsp3) is 0.400. The average Bonchev–Trinajstić information content (AvgIpc) is 2.83. The van der Waals surface area contributed by atoms with Crippen molar-refractivity contribution >= 4 is 23.5 Å². The maximum Gasteiger partial charge on any atom is 0.319 e. The molecule has 2 aromatic rings. The summed E-state index contributed by atoms with van der Waals surface area (Å²) in [6.45, 7) is 4.31. The van der Waals surface area contributed by atoms with Gasteiger partial charge < -0.3 is 20.4 Å². The first-order valence-corrected chi connectivity index (χ1v) is 11.3. The Balaban J connectivity index is 1.45. The minimum atomic E-state index is -0.321. The lowest BCUT2D eigenvalue weighted by atomic mass is 10.0. The van der Waals surface area contributed by atoms with E-state index in [1.54, 1.807) is 0 Å². The molecule has 0 saturated carbocycles. The molecule has 1 heterocycles. The number of carbonyl (C=O) groups excluding carboxylic acids is 3. The van der Waals surface area contributed by atoms with Crippen LogP contribution in [0.25, 0.3) is 0 Å². The molecule has 1 aliphatic heterocycles. The molecule has 0 atom stereocenters. The number of urea groups is 1. The molecule has 1 aliphatic rings. The van der Waals surface area contributed by atoms with Gasteiger partial charge in [0, 0.05) is 49.9 Å². The molecule has 32 heavy (non-hydrogen) atoms. The van der Waals surface area contributed by atoms with Crippen molar-refractivity contribution in [3.8, 4) is 0 Å². The molecule has 4 amide bonds. The van der Waals surface area contributed by atoms with Crippen LogP contribution in [0.3, 0.4) is 0 Å². The summed E-state index contributed by atoms with van der Waals surface area (Å²) in [6.07, 6.45) is 2.67. The zero-order chi connectivity index (χ0) is 22.8. The van der Waals surface area contributed by atoms with Gasteiger partial charge in [0.25, 0.3) is 5.91 Å². The molecule has 0 bridgehead atoms. The number of nitrogens with one attached hydrogen (secondary N) is 2. The first kappa shape index (κ1) is 23.3. The van der Waals surface area contributed by atoms with Crippen LogP contribution in [-0.2, 0) is 4.79 Å². The molecular formula is C25H32N4O3. The molecule has 1 saturated heterocycles. The summed E-state index contributed by atoms with van der Waals surface area (Å²) in [7, 11) is 0. The van der Waals surface area contributed by atoms with E-state index in [1.165, 1.54) is 0 Å². The predicted molar refractivity (Wildman–Crippen MR) is 125 cm³/mol. The van der Waals surface area contributed by atoms with E-state index in [4.69, 9.17) is 0 Å². The van der Waals surface area contributed by atoms with Gasteiger partial charge in [0.2, 0.25) is 5.91 Å². The van der Waals surface area contributed by atoms with E-state index < -0.39 is 0 Å². The van der Waals surface area contributed by atoms with Crippen LogP contribution in [-0.4, -0.2) is 59.9 Å². The SMILES string of the molecule is CCCN(C(=O)CCNC(=O)Nc1ccccc1)C1CCN(C(=O)c2ccccc2)CC1. The van der Waals surface area contributed by atoms with Crippen molar-refractivity contribution in [2.24, 2.45) is 0 Å². The van der Waals surface area contributed by atoms with Gasteiger partial charge in [-0.15, -0.1) is 0 Å². The summed E-state index contributed by atoms with van der Waals surface area (Å²) in [6, 6.07) is 18.3. The third kappa shape index (κ3) is 6.57. The van der Waals surface area contributed by atoms with Crippen LogP contribution in [0.1, 0.15) is 43.0 Å². The minimum absolute atomic E-state index is 0.0414. The average molecular weight is 437 g/mol. The first-order valence-electron chi connectivity index (χ1n) is 11.3. The Bertz CT molecular complexity index is 881. The van der Waals surface area contributed by atoms with Crippen molar-refractivity contribution in [3.05, 3.63) is 66.2 Å². The van der Waals surface area contributed by atoms with Crippen molar-refractivity contribution in [1.82, 2.24) is 15.1 Å². The van der Waals surface area contributed by atoms with Gasteiger partial charge in [-0.3, -0.25) is 9.59 Å². The highest BCUT2D eigenvalue weighted by Crippen LogP contribution is 2.20. The van der Waals surface area contributed by atoms with Crippen LogP contribution in [0.2, 0.25) is 0 Å². The van der Waals surface area contributed by atoms with Gasteiger partial charge in [0.15, 0.2) is 0 Å². The lowest BCUT2D eigenvalue weighted by Crippen LogP contribution is -2.49. The topological polar surface area (TPSA) is 81.8 Å². The van der Waals surface area contributed by atoms with Gasteiger partial charge in [-0.1, -0.05) is 43.3 Å². The highest BCUT2D eigenvalue weighted by atomic mass is 16.2. The smallest absolute Gasteiger partial charge is 0.319 e. The standard InChI is InChI=1S/C25H32N4O3/c1-2-17-29(23(30)13-16-26-25(32)27-21-11-7-4-8-12-21)22-14-18-28(19-15-22)24(31)20-9-5-3-6-10-20/h3-12,22H,2,13-19H2,1H3,(H2,26,27,32). The summed E-state index contributed by atoms with van der Waals surface area (Å²) >= 11 is 0. The molecule has 2 N–H and O–H groups in total. The van der Waals surface area contributed by atoms with Crippen LogP contribution >= 0.6 is 0 Å². The Labute approximate surface area is 189 Å². The second kappa shape index (κ2) is 11.9. The number of amides is 4. The summed E-state index contributed by atoms with van der Waals surface area (Å²) in [5, 5.41) is 5.50. The zero-order valence-electron chi connectivity index (χ0n) is 18.6. The number of benzene rings is 2. The van der Waals surface area contributed by atoms with Crippen molar-refractivity contribution < 1.29 is 14.4 Å². The van der Waals surface area contributed by atoms with E-state index in [2.05, 4.69) is 17.6 Å². The zero-order valence-corrected chi connectivity index (χ0v) is 18.6. The number of anilines is 1. The molecule has 2 aromatic carbocycles. The molecule has 0 aliphatic carbocycles. The van der Waals surface area contributed by atoms with Crippen LogP contribution in [0.5, 0.6) is 0 Å². The summed E-state index contributed by atoms with van der Waals surface area (Å²) in [5.74, 6) is 0.0887. The highest BCUT2D eigenvalue weighted by Gasteiger charge is 2.29. The number of hydrogen-bond donors (Lipinski definition) is 2. The van der Waals surface area contributed by atoms with E-state index in [1.807, 2.05) is 70.5 Å². The molecule has 0 radical (unpaired) electrons. The van der Waals surface area contributed by atoms with E-state index in [9.17, 15) is 14.4 Å². The van der Waals surface area contributed by atoms with Crippen LogP contribution in [0, 0.1) is 0 Å². The van der Waals surface area contributed by atoms with Crippen LogP contribution in [0.4, 0.5) is 10.5 Å². The molecule has 1 fully saturated rings. The van der Waals surface area contributed by atoms with Gasteiger partial charge >= 0.3 is 6.03 Å². The highest BCUT2D eigenvalue weighted by molar-refractivity contribution is 5.94. The third-order valence-electron chi connectivity index (χ3n) is 5.65. The number of piperidine rings is 1. The largest absolute Gasteiger partial charge is 0.340 e. The van der Waals surface area contributed by atoms with Gasteiger partial charge in [-0.25, -0.2) is 4.79 Å². The van der Waals surface area contributed by atoms with Gasteiger partial charge in [-0.2, -0.15) is 0 Å². The maximum absolute atomic E-state index is 12.9. The van der Waals surface area contributed by atoms with E-state index in [0.717, 1.165) is 19.3 Å². The summed E-state index contributed by atoms with van der Waals surface area (Å²) in [5.41, 5.74) is 1.41. The second-order valence-corrected chi connectivity index (χ2v) is 7.97. The third-order valence-corrected chi connectivity index (χ3v) is 5.65. The van der Waals surface area contributed by atoms with Gasteiger partial charge in [-0.05, 0) is 43.5 Å². The number of likely N-dealkylation sites (tertiary alicyclic amines) is 1. The van der Waals surface area contributed by atoms with Crippen LogP contribution in [0.15, 0.2) is 60.7 Å². The molecule has 7 nitrogen and oxygen atoms in total. The fourth-order valence-corrected chi connectivity index (χ4v) is 4.02. The first-order chi connectivity index (χ1) is 15.6. The molecule has 0 unspecified atom stereocenters. The Morgan fingerprint density at radius 1 is 0.969 bits per heavy atom. The van der Waals surface area contributed by atoms with Crippen molar-refractivity contribution in [2.75, 3.05) is 31.5 Å². The van der Waals surface area contributed by atoms with E-state index in [0.29, 0.717) is 30.9 Å². The molecule has 0 aromatic heterocycles.